The second kappa shape index (κ2) is 11.9. The highest BCUT2D eigenvalue weighted by Gasteiger charge is 2.11. The maximum Gasteiger partial charge on any atom is 0.102 e. The zero-order chi connectivity index (χ0) is 18.6. The van der Waals surface area contributed by atoms with Gasteiger partial charge >= 0.3 is 0 Å². The summed E-state index contributed by atoms with van der Waals surface area (Å²) in [5.41, 5.74) is 6.50. The van der Waals surface area contributed by atoms with E-state index in [0.29, 0.717) is 6.54 Å². The van der Waals surface area contributed by atoms with Gasteiger partial charge in [0, 0.05) is 6.54 Å². The summed E-state index contributed by atoms with van der Waals surface area (Å²) in [6.07, 6.45) is 8.16. The maximum absolute atomic E-state index is 10.0. The summed E-state index contributed by atoms with van der Waals surface area (Å²) in [6, 6.07) is 10.3. The first-order valence-corrected chi connectivity index (χ1v) is 9.52. The van der Waals surface area contributed by atoms with Gasteiger partial charge in [0.25, 0.3) is 0 Å². The van der Waals surface area contributed by atoms with Crippen LogP contribution in [0.1, 0.15) is 31.2 Å². The van der Waals surface area contributed by atoms with Crippen molar-refractivity contribution in [3.63, 3.8) is 0 Å². The van der Waals surface area contributed by atoms with Crippen molar-refractivity contribution in [2.24, 2.45) is 0 Å². The lowest BCUT2D eigenvalue weighted by atomic mass is 9.97. The molecule has 5 nitrogen and oxygen atoms in total. The van der Waals surface area contributed by atoms with Gasteiger partial charge in [-0.1, -0.05) is 36.4 Å². The quantitative estimate of drug-likeness (QED) is 0.419. The fourth-order valence-electron chi connectivity index (χ4n) is 2.88. The van der Waals surface area contributed by atoms with E-state index in [0.717, 1.165) is 44.5 Å². The first kappa shape index (κ1) is 20.6. The summed E-state index contributed by atoms with van der Waals surface area (Å²) in [7, 11) is 4.13. The van der Waals surface area contributed by atoms with E-state index >= 15 is 0 Å². The van der Waals surface area contributed by atoms with Gasteiger partial charge in [0.05, 0.1) is 11.8 Å². The SMILES string of the molecule is CN(C)CCCNC[C@H](O)CONC1=CCCCC1=Cc1ccccc1. The van der Waals surface area contributed by atoms with Crippen LogP contribution in [0.5, 0.6) is 0 Å². The second-order valence-corrected chi connectivity index (χ2v) is 7.02. The molecule has 3 N–H and O–H groups in total. The summed E-state index contributed by atoms with van der Waals surface area (Å²) in [5, 5.41) is 13.3. The Labute approximate surface area is 157 Å². The van der Waals surface area contributed by atoms with Crippen LogP contribution in [0.2, 0.25) is 0 Å². The van der Waals surface area contributed by atoms with Gasteiger partial charge in [-0.3, -0.25) is 10.3 Å². The second-order valence-electron chi connectivity index (χ2n) is 7.02. The van der Waals surface area contributed by atoms with Crippen LogP contribution in [-0.4, -0.2) is 56.4 Å². The number of aliphatic hydroxyl groups is 1. The molecule has 1 aromatic carbocycles. The number of benzene rings is 1. The molecule has 5 heteroatoms. The van der Waals surface area contributed by atoms with E-state index in [4.69, 9.17) is 4.84 Å². The standard InChI is InChI=1S/C21H33N3O2/c1-24(2)14-8-13-22-16-20(25)17-26-23-21-12-7-6-11-19(21)15-18-9-4-3-5-10-18/h3-5,9-10,12,15,20,22-23,25H,6-8,11,13-14,16-17H2,1-2H3/t20-/m0/s1. The van der Waals surface area contributed by atoms with Gasteiger partial charge in [-0.2, -0.15) is 0 Å². The maximum atomic E-state index is 10.0. The van der Waals surface area contributed by atoms with E-state index in [-0.39, 0.29) is 6.61 Å². The minimum atomic E-state index is -0.521. The van der Waals surface area contributed by atoms with Gasteiger partial charge in [-0.05, 0) is 70.1 Å². The average Bonchev–Trinajstić information content (AvgIpc) is 2.63. The molecular formula is C21H33N3O2. The Morgan fingerprint density at radius 3 is 2.85 bits per heavy atom. The van der Waals surface area contributed by atoms with Crippen molar-refractivity contribution in [3.8, 4) is 0 Å². The highest BCUT2D eigenvalue weighted by atomic mass is 16.6. The molecule has 0 fully saturated rings. The third-order valence-electron chi connectivity index (χ3n) is 4.28. The molecule has 144 valence electrons. The van der Waals surface area contributed by atoms with Crippen LogP contribution in [0.25, 0.3) is 6.08 Å². The first-order chi connectivity index (χ1) is 12.6. The van der Waals surface area contributed by atoms with Crippen molar-refractivity contribution in [2.75, 3.05) is 40.3 Å². The first-order valence-electron chi connectivity index (χ1n) is 9.52. The van der Waals surface area contributed by atoms with Crippen molar-refractivity contribution in [2.45, 2.75) is 31.8 Å². The van der Waals surface area contributed by atoms with Crippen LogP contribution in [0.3, 0.4) is 0 Å². The molecule has 1 aliphatic carbocycles. The van der Waals surface area contributed by atoms with Gasteiger partial charge in [0.15, 0.2) is 0 Å². The highest BCUT2D eigenvalue weighted by Crippen LogP contribution is 2.24. The number of nitrogens with one attached hydrogen (secondary N) is 2. The Kier molecular flexibility index (Phi) is 9.42. The van der Waals surface area contributed by atoms with Gasteiger partial charge in [-0.25, -0.2) is 0 Å². The predicted octanol–water partition coefficient (Wildman–Crippen LogP) is 2.56. The molecular weight excluding hydrogens is 326 g/mol. The Bertz CT molecular complexity index is 570. The molecule has 2 rings (SSSR count). The molecule has 0 aliphatic heterocycles. The number of allylic oxidation sites excluding steroid dienone is 2. The molecule has 26 heavy (non-hydrogen) atoms. The molecule has 0 saturated carbocycles. The van der Waals surface area contributed by atoms with Crippen LogP contribution >= 0.6 is 0 Å². The van der Waals surface area contributed by atoms with Gasteiger partial charge in [0.1, 0.15) is 6.61 Å². The Morgan fingerprint density at radius 1 is 1.27 bits per heavy atom. The van der Waals surface area contributed by atoms with E-state index in [1.165, 1.54) is 11.1 Å². The fourth-order valence-corrected chi connectivity index (χ4v) is 2.88. The zero-order valence-electron chi connectivity index (χ0n) is 16.1. The number of rotatable bonds is 11. The van der Waals surface area contributed by atoms with E-state index in [2.05, 4.69) is 54.1 Å². The molecule has 0 unspecified atom stereocenters. The molecule has 0 bridgehead atoms. The van der Waals surface area contributed by atoms with Gasteiger partial charge < -0.3 is 15.3 Å². The summed E-state index contributed by atoms with van der Waals surface area (Å²) in [4.78, 5) is 7.70. The van der Waals surface area contributed by atoms with Crippen LogP contribution < -0.4 is 10.8 Å². The van der Waals surface area contributed by atoms with Crippen molar-refractivity contribution in [3.05, 3.63) is 53.2 Å². The molecule has 0 amide bonds. The molecule has 1 aromatic rings. The van der Waals surface area contributed by atoms with E-state index < -0.39 is 6.10 Å². The largest absolute Gasteiger partial charge is 0.389 e. The van der Waals surface area contributed by atoms with Gasteiger partial charge in [-0.15, -0.1) is 0 Å². The van der Waals surface area contributed by atoms with Crippen molar-refractivity contribution in [1.29, 1.82) is 0 Å². The Morgan fingerprint density at radius 2 is 2.08 bits per heavy atom. The van der Waals surface area contributed by atoms with Crippen LogP contribution in [-0.2, 0) is 4.84 Å². The van der Waals surface area contributed by atoms with E-state index in [1.807, 2.05) is 18.2 Å². The molecule has 0 heterocycles. The minimum absolute atomic E-state index is 0.261. The summed E-state index contributed by atoms with van der Waals surface area (Å²) < 4.78 is 0. The molecule has 0 radical (unpaired) electrons. The number of hydrogen-bond acceptors (Lipinski definition) is 5. The third-order valence-corrected chi connectivity index (χ3v) is 4.28. The summed E-state index contributed by atoms with van der Waals surface area (Å²) >= 11 is 0. The predicted molar refractivity (Wildman–Crippen MR) is 107 cm³/mol. The number of hydroxylamine groups is 1. The van der Waals surface area contributed by atoms with Crippen molar-refractivity contribution in [1.82, 2.24) is 15.7 Å². The summed E-state index contributed by atoms with van der Waals surface area (Å²) in [5.74, 6) is 0. The zero-order valence-corrected chi connectivity index (χ0v) is 16.1. The molecule has 1 aliphatic rings. The van der Waals surface area contributed by atoms with E-state index in [1.54, 1.807) is 0 Å². The van der Waals surface area contributed by atoms with Crippen LogP contribution in [0.15, 0.2) is 47.7 Å². The minimum Gasteiger partial charge on any atom is -0.389 e. The lowest BCUT2D eigenvalue weighted by Gasteiger charge is -2.20. The summed E-state index contributed by atoms with van der Waals surface area (Å²) in [6.45, 7) is 2.75. The number of nitrogens with zero attached hydrogens (tertiary/aromatic N) is 1. The number of hydrogen-bond donors (Lipinski definition) is 3. The van der Waals surface area contributed by atoms with Crippen LogP contribution in [0, 0.1) is 0 Å². The van der Waals surface area contributed by atoms with Crippen LogP contribution in [0.4, 0.5) is 0 Å². The molecule has 0 saturated heterocycles. The average molecular weight is 360 g/mol. The lowest BCUT2D eigenvalue weighted by Crippen LogP contribution is -2.34. The lowest BCUT2D eigenvalue weighted by molar-refractivity contribution is -0.00452. The smallest absolute Gasteiger partial charge is 0.102 e. The molecule has 1 atom stereocenters. The molecule has 0 spiro atoms. The van der Waals surface area contributed by atoms with E-state index in [9.17, 15) is 5.11 Å². The fraction of sp³-hybridized carbons (Fsp3) is 0.524. The topological polar surface area (TPSA) is 56.8 Å². The Hall–Kier alpha value is -1.66. The molecule has 0 aromatic heterocycles. The van der Waals surface area contributed by atoms with Gasteiger partial charge in [0.2, 0.25) is 0 Å². The normalized spacial score (nSPS) is 17.4. The Balaban J connectivity index is 1.70. The number of aliphatic hydroxyl groups excluding tert-OH is 1. The van der Waals surface area contributed by atoms with Crippen molar-refractivity contribution >= 4 is 6.08 Å². The monoisotopic (exact) mass is 359 g/mol. The third kappa shape index (κ3) is 8.15. The van der Waals surface area contributed by atoms with Crippen molar-refractivity contribution < 1.29 is 9.94 Å². The highest BCUT2D eigenvalue weighted by molar-refractivity contribution is 5.58.